The summed E-state index contributed by atoms with van der Waals surface area (Å²) >= 11 is 0. The van der Waals surface area contributed by atoms with Gasteiger partial charge in [-0.2, -0.15) is 13.2 Å². The maximum Gasteiger partial charge on any atom is 0.416 e. The molecule has 43 heavy (non-hydrogen) atoms. The average molecular weight is 587 g/mol. The van der Waals surface area contributed by atoms with E-state index in [0.717, 1.165) is 17.0 Å². The predicted octanol–water partition coefficient (Wildman–Crippen LogP) is 6.24. The highest BCUT2D eigenvalue weighted by atomic mass is 19.4. The van der Waals surface area contributed by atoms with Gasteiger partial charge in [0.1, 0.15) is 11.5 Å². The summed E-state index contributed by atoms with van der Waals surface area (Å²) in [6, 6.07) is 24.9. The van der Waals surface area contributed by atoms with E-state index in [1.807, 2.05) is 0 Å². The lowest BCUT2D eigenvalue weighted by Crippen LogP contribution is -2.53. The number of benzene rings is 4. The van der Waals surface area contributed by atoms with Crippen LogP contribution in [0.5, 0.6) is 11.5 Å². The number of carbonyl (C=O) groups is 3. The Morgan fingerprint density at radius 3 is 2.19 bits per heavy atom. The number of para-hydroxylation sites is 1. The number of imide groups is 1. The zero-order chi connectivity index (χ0) is 30.5. The number of aliphatic carboxylic acids is 1. The lowest BCUT2D eigenvalue weighted by Gasteiger charge is -2.32. The maximum atomic E-state index is 14.1. The molecule has 4 unspecified atom stereocenters. The Labute approximate surface area is 244 Å². The van der Waals surface area contributed by atoms with Crippen molar-refractivity contribution in [2.75, 3.05) is 4.90 Å². The highest BCUT2D eigenvalue weighted by molar-refractivity contribution is 6.24. The van der Waals surface area contributed by atoms with E-state index in [1.165, 1.54) is 18.2 Å². The van der Waals surface area contributed by atoms with Gasteiger partial charge in [-0.1, -0.05) is 66.7 Å². The van der Waals surface area contributed by atoms with Crippen molar-refractivity contribution >= 4 is 23.5 Å². The molecule has 6 rings (SSSR count). The summed E-state index contributed by atoms with van der Waals surface area (Å²) in [6.45, 7) is 1.76. The quantitative estimate of drug-likeness (QED) is 0.260. The number of anilines is 1. The summed E-state index contributed by atoms with van der Waals surface area (Å²) in [4.78, 5) is 42.5. The van der Waals surface area contributed by atoms with E-state index < -0.39 is 52.9 Å². The Bertz CT molecular complexity index is 1740. The average Bonchev–Trinajstić information content (AvgIpc) is 3.48. The number of nitrogens with one attached hydrogen (secondary N) is 1. The van der Waals surface area contributed by atoms with Crippen LogP contribution in [0.25, 0.3) is 0 Å². The number of amides is 2. The van der Waals surface area contributed by atoms with Gasteiger partial charge in [0.2, 0.25) is 11.8 Å². The number of carboxylic acids is 1. The topological polar surface area (TPSA) is 95.9 Å². The van der Waals surface area contributed by atoms with E-state index in [2.05, 4.69) is 5.32 Å². The molecule has 10 heteroatoms. The van der Waals surface area contributed by atoms with Crippen molar-refractivity contribution in [2.45, 2.75) is 24.7 Å². The van der Waals surface area contributed by atoms with Crippen LogP contribution in [0.2, 0.25) is 0 Å². The van der Waals surface area contributed by atoms with Gasteiger partial charge in [-0.3, -0.25) is 14.9 Å². The van der Waals surface area contributed by atoms with Crippen LogP contribution >= 0.6 is 0 Å². The van der Waals surface area contributed by atoms with E-state index in [-0.39, 0.29) is 11.5 Å². The van der Waals surface area contributed by atoms with Gasteiger partial charge in [0.15, 0.2) is 5.54 Å². The molecular formula is C33H25F3N2O5. The molecule has 2 amide bonds. The molecule has 218 valence electrons. The van der Waals surface area contributed by atoms with Gasteiger partial charge in [0.25, 0.3) is 0 Å². The van der Waals surface area contributed by atoms with E-state index in [4.69, 9.17) is 4.74 Å². The van der Waals surface area contributed by atoms with Crippen LogP contribution in [0.4, 0.5) is 18.9 Å². The largest absolute Gasteiger partial charge is 0.480 e. The number of alkyl halides is 3. The van der Waals surface area contributed by atoms with Gasteiger partial charge in [-0.15, -0.1) is 0 Å². The molecule has 0 spiro atoms. The molecule has 4 aromatic rings. The predicted molar refractivity (Wildman–Crippen MR) is 150 cm³/mol. The number of carbonyl (C=O) groups excluding carboxylic acids is 2. The molecule has 2 saturated heterocycles. The zero-order valence-electron chi connectivity index (χ0n) is 22.7. The van der Waals surface area contributed by atoms with Crippen molar-refractivity contribution in [1.29, 1.82) is 0 Å². The Balaban J connectivity index is 1.45. The molecule has 0 aromatic heterocycles. The van der Waals surface area contributed by atoms with Crippen LogP contribution in [0, 0.1) is 18.8 Å². The van der Waals surface area contributed by atoms with Crippen molar-refractivity contribution in [3.05, 3.63) is 125 Å². The Morgan fingerprint density at radius 2 is 1.51 bits per heavy atom. The van der Waals surface area contributed by atoms with Crippen molar-refractivity contribution in [3.63, 3.8) is 0 Å². The summed E-state index contributed by atoms with van der Waals surface area (Å²) < 4.78 is 45.5. The fourth-order valence-corrected chi connectivity index (χ4v) is 6.18. The van der Waals surface area contributed by atoms with E-state index >= 15 is 0 Å². The van der Waals surface area contributed by atoms with Crippen molar-refractivity contribution in [1.82, 2.24) is 5.32 Å². The van der Waals surface area contributed by atoms with Gasteiger partial charge in [0, 0.05) is 6.04 Å². The highest BCUT2D eigenvalue weighted by Gasteiger charge is 2.69. The van der Waals surface area contributed by atoms with Gasteiger partial charge in [-0.05, 0) is 60.0 Å². The van der Waals surface area contributed by atoms with Crippen LogP contribution in [0.1, 0.15) is 28.3 Å². The summed E-state index contributed by atoms with van der Waals surface area (Å²) in [5.74, 6) is -4.78. The molecule has 4 aromatic carbocycles. The number of halogens is 3. The maximum absolute atomic E-state index is 14.1. The second-order valence-electron chi connectivity index (χ2n) is 10.6. The first-order valence-electron chi connectivity index (χ1n) is 13.5. The smallest absolute Gasteiger partial charge is 0.416 e. The van der Waals surface area contributed by atoms with Crippen LogP contribution in [-0.4, -0.2) is 22.9 Å². The third-order valence-corrected chi connectivity index (χ3v) is 8.10. The number of fused-ring (bicyclic) bond motifs is 1. The summed E-state index contributed by atoms with van der Waals surface area (Å²) in [5, 5.41) is 13.9. The number of ether oxygens (including phenoxy) is 1. The minimum absolute atomic E-state index is 0.0498. The van der Waals surface area contributed by atoms with Gasteiger partial charge >= 0.3 is 12.1 Å². The lowest BCUT2D eigenvalue weighted by atomic mass is 9.75. The van der Waals surface area contributed by atoms with Crippen LogP contribution < -0.4 is 15.0 Å². The van der Waals surface area contributed by atoms with Gasteiger partial charge in [0.05, 0.1) is 23.1 Å². The van der Waals surface area contributed by atoms with Gasteiger partial charge in [-0.25, -0.2) is 9.69 Å². The van der Waals surface area contributed by atoms with E-state index in [1.54, 1.807) is 79.7 Å². The number of nitrogens with zero attached hydrogens (tertiary/aromatic N) is 1. The summed E-state index contributed by atoms with van der Waals surface area (Å²) in [6.07, 6.45) is -4.56. The van der Waals surface area contributed by atoms with Crippen molar-refractivity contribution in [3.8, 4) is 11.5 Å². The van der Waals surface area contributed by atoms with Crippen molar-refractivity contribution < 1.29 is 37.4 Å². The molecule has 0 bridgehead atoms. The molecule has 0 radical (unpaired) electrons. The molecule has 0 saturated carbocycles. The van der Waals surface area contributed by atoms with E-state index in [0.29, 0.717) is 22.4 Å². The summed E-state index contributed by atoms with van der Waals surface area (Å²) in [5.41, 5.74) is -1.03. The third kappa shape index (κ3) is 4.64. The lowest BCUT2D eigenvalue weighted by molar-refractivity contribution is -0.149. The second-order valence-corrected chi connectivity index (χ2v) is 10.6. The molecule has 2 fully saturated rings. The SMILES string of the molecule is Cc1ccccc1N1C(=O)C2C(c3cccc(Oc4cccc(C(F)(F)F)c4)c3)NC(C(=O)O)(c3ccccc3)C2C1=O. The molecule has 2 aliphatic heterocycles. The zero-order valence-corrected chi connectivity index (χ0v) is 22.7. The number of rotatable bonds is 6. The van der Waals surface area contributed by atoms with Crippen LogP contribution in [0.15, 0.2) is 103 Å². The number of hydrogen-bond acceptors (Lipinski definition) is 5. The molecule has 2 N–H and O–H groups in total. The Hall–Kier alpha value is -4.96. The first kappa shape index (κ1) is 28.2. The minimum atomic E-state index is -4.56. The molecule has 2 aliphatic rings. The third-order valence-electron chi connectivity index (χ3n) is 8.10. The number of aryl methyl sites for hydroxylation is 1. The monoisotopic (exact) mass is 586 g/mol. The van der Waals surface area contributed by atoms with Crippen LogP contribution in [0.3, 0.4) is 0 Å². The Kier molecular flexibility index (Phi) is 6.81. The molecule has 0 aliphatic carbocycles. The Morgan fingerprint density at radius 1 is 0.860 bits per heavy atom. The minimum Gasteiger partial charge on any atom is -0.480 e. The summed E-state index contributed by atoms with van der Waals surface area (Å²) in [7, 11) is 0. The normalized spacial score (nSPS) is 23.3. The molecule has 2 heterocycles. The molecular weight excluding hydrogens is 561 g/mol. The standard InChI is InChI=1S/C33H25F3N2O5/c1-19-9-5-6-16-25(19)38-29(39)26-27(30(38)40)32(31(41)42,21-11-3-2-4-12-21)37-28(26)20-10-7-14-23(17-20)43-24-15-8-13-22(18-24)33(34,35)36/h2-18,26-28,37H,1H3,(H,41,42). The molecule has 4 atom stereocenters. The number of hydrogen-bond donors (Lipinski definition) is 2. The number of carboxylic acid groups (broad SMARTS) is 1. The second kappa shape index (κ2) is 10.4. The van der Waals surface area contributed by atoms with Crippen molar-refractivity contribution in [2.24, 2.45) is 11.8 Å². The fraction of sp³-hybridized carbons (Fsp3) is 0.182. The highest BCUT2D eigenvalue weighted by Crippen LogP contribution is 2.54. The fourth-order valence-electron chi connectivity index (χ4n) is 6.18. The molecule has 7 nitrogen and oxygen atoms in total. The first-order chi connectivity index (χ1) is 20.5. The first-order valence-corrected chi connectivity index (χ1v) is 13.5. The van der Waals surface area contributed by atoms with Crippen LogP contribution in [-0.2, 0) is 26.1 Å². The van der Waals surface area contributed by atoms with E-state index in [9.17, 15) is 32.7 Å². The van der Waals surface area contributed by atoms with Gasteiger partial charge < -0.3 is 9.84 Å².